The summed E-state index contributed by atoms with van der Waals surface area (Å²) >= 11 is 0. The highest BCUT2D eigenvalue weighted by atomic mass is 32.2. The van der Waals surface area contributed by atoms with Gasteiger partial charge in [-0.3, -0.25) is 14.5 Å². The molecule has 0 aromatic heterocycles. The molecule has 4 heterocycles. The number of halogens is 3. The van der Waals surface area contributed by atoms with Gasteiger partial charge in [0.15, 0.2) is 0 Å². The first kappa shape index (κ1) is 32.9. The van der Waals surface area contributed by atoms with Crippen molar-refractivity contribution in [3.63, 3.8) is 0 Å². The largest absolute Gasteiger partial charge is 0.497 e. The third kappa shape index (κ3) is 5.50. The van der Waals surface area contributed by atoms with Crippen molar-refractivity contribution in [1.82, 2.24) is 19.4 Å². The lowest BCUT2D eigenvalue weighted by Crippen LogP contribution is -2.48. The van der Waals surface area contributed by atoms with E-state index in [0.29, 0.717) is 25.3 Å². The number of methoxy groups -OCH3 is 1. The van der Waals surface area contributed by atoms with Gasteiger partial charge in [0, 0.05) is 36.3 Å². The first-order valence-corrected chi connectivity index (χ1v) is 19.2. The Hall–Kier alpha value is -3.32. The number of ether oxygens (including phenoxy) is 1. The smallest absolute Gasteiger partial charge is 0.390 e. The maximum absolute atomic E-state index is 14.9. The van der Waals surface area contributed by atoms with E-state index in [1.54, 1.807) is 19.3 Å². The van der Waals surface area contributed by atoms with Crippen molar-refractivity contribution in [2.75, 3.05) is 33.0 Å². The van der Waals surface area contributed by atoms with Gasteiger partial charge in [0.25, 0.3) is 5.91 Å². The normalized spacial score (nSPS) is 32.6. The van der Waals surface area contributed by atoms with Crippen LogP contribution in [0.5, 0.6) is 0 Å². The number of fused-ring (bicyclic) bond motifs is 8. The van der Waals surface area contributed by atoms with Gasteiger partial charge in [-0.05, 0) is 98.1 Å². The molecular formula is C36H43F3N4O5S. The zero-order chi connectivity index (χ0) is 34.5. The summed E-state index contributed by atoms with van der Waals surface area (Å²) in [6.07, 6.45) is 12.1. The maximum Gasteiger partial charge on any atom is 0.390 e. The van der Waals surface area contributed by atoms with Gasteiger partial charge in [-0.15, -0.1) is 0 Å². The standard InChI is InChI=1S/C36H43F3N4O5S/c1-41-19-23-9-13-30(41)43(23)34(45)35-18-28(35)27-17-24(48-2)10-12-25(27)32-31(21-6-4-3-5-7-21)26-11-8-22(16-29(26)42(32)20-35)33(44)40-49(46,47)15-14-36(37,38)39/h8,10-11,16-17,21,23,28-30H,3-7,9,12-15,18-20H2,1-2H3,(H,40,44). The summed E-state index contributed by atoms with van der Waals surface area (Å²) in [4.78, 5) is 34.9. The summed E-state index contributed by atoms with van der Waals surface area (Å²) in [7, 11) is -0.770. The van der Waals surface area contributed by atoms with E-state index >= 15 is 0 Å². The van der Waals surface area contributed by atoms with Gasteiger partial charge in [0.2, 0.25) is 15.9 Å². The number of likely N-dealkylation sites (tertiary alicyclic amines) is 1. The molecule has 0 radical (unpaired) electrons. The van der Waals surface area contributed by atoms with E-state index in [0.717, 1.165) is 67.7 Å². The second-order valence-corrected chi connectivity index (χ2v) is 16.9. The SMILES string of the molecule is COC1=CCC2=C3C(C4CCCCC4)=C4C=CC(C(=O)NS(=O)(=O)CCC(F)(F)F)=CC4N3CC3(C(=O)N4C5CCC4N(C)C5)CC3C2=C1. The topological polar surface area (TPSA) is 99.3 Å². The summed E-state index contributed by atoms with van der Waals surface area (Å²) in [5.41, 5.74) is 5.17. The Morgan fingerprint density at radius 1 is 1.10 bits per heavy atom. The van der Waals surface area contributed by atoms with Crippen LogP contribution in [0.2, 0.25) is 0 Å². The van der Waals surface area contributed by atoms with Crippen molar-refractivity contribution in [3.05, 3.63) is 69.7 Å². The molecule has 2 saturated heterocycles. The number of allylic oxidation sites excluding steroid dienone is 5. The quantitative estimate of drug-likeness (QED) is 0.406. The Kier molecular flexibility index (Phi) is 7.79. The monoisotopic (exact) mass is 700 g/mol. The third-order valence-electron chi connectivity index (χ3n) is 12.2. The molecule has 49 heavy (non-hydrogen) atoms. The number of carbonyl (C=O) groups is 2. The zero-order valence-corrected chi connectivity index (χ0v) is 28.7. The predicted octanol–water partition coefficient (Wildman–Crippen LogP) is 4.84. The maximum atomic E-state index is 14.9. The number of likely N-dealkylation sites (N-methyl/N-ethyl adjacent to an activating group) is 1. The fraction of sp³-hybridized carbons (Fsp3) is 0.611. The lowest BCUT2D eigenvalue weighted by atomic mass is 9.78. The molecule has 1 N–H and O–H groups in total. The van der Waals surface area contributed by atoms with E-state index in [1.165, 1.54) is 17.6 Å². The highest BCUT2D eigenvalue weighted by Crippen LogP contribution is 2.66. The summed E-state index contributed by atoms with van der Waals surface area (Å²) in [5, 5.41) is 0. The number of amides is 2. The molecule has 5 unspecified atom stereocenters. The van der Waals surface area contributed by atoms with Crippen molar-refractivity contribution in [3.8, 4) is 0 Å². The highest BCUT2D eigenvalue weighted by Gasteiger charge is 2.68. The summed E-state index contributed by atoms with van der Waals surface area (Å²) < 4.78 is 71.0. The molecule has 2 saturated carbocycles. The Balaban J connectivity index is 1.20. The molecule has 5 atom stereocenters. The molecule has 4 fully saturated rings. The van der Waals surface area contributed by atoms with Crippen LogP contribution in [-0.2, 0) is 24.3 Å². The highest BCUT2D eigenvalue weighted by molar-refractivity contribution is 7.90. The number of hydrogen-bond acceptors (Lipinski definition) is 7. The lowest BCUT2D eigenvalue weighted by Gasteiger charge is -2.35. The molecule has 0 spiro atoms. The first-order chi connectivity index (χ1) is 23.3. The number of nitrogens with zero attached hydrogens (tertiary/aromatic N) is 3. The Labute approximate surface area is 285 Å². The van der Waals surface area contributed by atoms with Crippen molar-refractivity contribution in [2.24, 2.45) is 17.3 Å². The molecule has 8 rings (SSSR count). The average molecular weight is 701 g/mol. The predicted molar refractivity (Wildman–Crippen MR) is 176 cm³/mol. The fourth-order valence-electron chi connectivity index (χ4n) is 9.81. The molecule has 8 aliphatic rings. The van der Waals surface area contributed by atoms with E-state index in [-0.39, 0.29) is 29.6 Å². The summed E-state index contributed by atoms with van der Waals surface area (Å²) in [5.74, 6) is -0.888. The van der Waals surface area contributed by atoms with Crippen LogP contribution in [0.3, 0.4) is 0 Å². The second-order valence-electron chi connectivity index (χ2n) is 15.1. The van der Waals surface area contributed by atoms with Crippen LogP contribution in [0, 0.1) is 17.3 Å². The minimum absolute atomic E-state index is 0.0259. The lowest BCUT2D eigenvalue weighted by molar-refractivity contribution is -0.140. The number of alkyl halides is 3. The van der Waals surface area contributed by atoms with E-state index in [2.05, 4.69) is 33.9 Å². The van der Waals surface area contributed by atoms with Gasteiger partial charge in [-0.1, -0.05) is 25.3 Å². The van der Waals surface area contributed by atoms with Gasteiger partial charge in [-0.25, -0.2) is 13.1 Å². The number of hydrogen-bond donors (Lipinski definition) is 1. The van der Waals surface area contributed by atoms with Crippen molar-refractivity contribution in [1.29, 1.82) is 0 Å². The van der Waals surface area contributed by atoms with Crippen LogP contribution in [0.4, 0.5) is 13.2 Å². The molecule has 4 aliphatic carbocycles. The molecule has 0 aromatic rings. The van der Waals surface area contributed by atoms with E-state index < -0.39 is 45.7 Å². The van der Waals surface area contributed by atoms with Gasteiger partial charge >= 0.3 is 6.18 Å². The molecule has 2 bridgehead atoms. The van der Waals surface area contributed by atoms with E-state index in [1.807, 2.05) is 10.8 Å². The zero-order valence-electron chi connectivity index (χ0n) is 27.9. The Morgan fingerprint density at radius 3 is 2.55 bits per heavy atom. The molecule has 9 nitrogen and oxygen atoms in total. The Bertz CT molecular complexity index is 1790. The van der Waals surface area contributed by atoms with Crippen LogP contribution < -0.4 is 4.72 Å². The van der Waals surface area contributed by atoms with Gasteiger partial charge in [0.05, 0.1) is 36.9 Å². The Morgan fingerprint density at radius 2 is 1.88 bits per heavy atom. The number of piperidine rings is 1. The molecule has 13 heteroatoms. The van der Waals surface area contributed by atoms with E-state index in [9.17, 15) is 31.2 Å². The minimum Gasteiger partial charge on any atom is -0.497 e. The van der Waals surface area contributed by atoms with Crippen molar-refractivity contribution in [2.45, 2.75) is 88.6 Å². The minimum atomic E-state index is -4.67. The number of rotatable bonds is 7. The van der Waals surface area contributed by atoms with Gasteiger partial charge in [0.1, 0.15) is 5.76 Å². The second kappa shape index (κ2) is 11.6. The molecule has 0 aromatic carbocycles. The number of sulfonamides is 1. The third-order valence-corrected chi connectivity index (χ3v) is 13.4. The van der Waals surface area contributed by atoms with Gasteiger partial charge < -0.3 is 14.5 Å². The number of carbonyl (C=O) groups excluding carboxylic acids is 2. The molecular weight excluding hydrogens is 657 g/mol. The van der Waals surface area contributed by atoms with Crippen molar-refractivity contribution < 1.29 is 35.9 Å². The van der Waals surface area contributed by atoms with Crippen LogP contribution >= 0.6 is 0 Å². The summed E-state index contributed by atoms with van der Waals surface area (Å²) in [6, 6.07) is -0.223. The molecule has 4 aliphatic heterocycles. The van der Waals surface area contributed by atoms with Crippen molar-refractivity contribution >= 4 is 21.8 Å². The number of nitrogens with one attached hydrogen (secondary N) is 1. The van der Waals surface area contributed by atoms with Crippen LogP contribution in [-0.4, -0.2) is 92.4 Å². The fourth-order valence-corrected chi connectivity index (χ4v) is 10.8. The average Bonchev–Trinajstić information content (AvgIpc) is 3.39. The van der Waals surface area contributed by atoms with Crippen LogP contribution in [0.1, 0.15) is 64.2 Å². The van der Waals surface area contributed by atoms with Crippen LogP contribution in [0.25, 0.3) is 0 Å². The molecule has 2 amide bonds. The summed E-state index contributed by atoms with van der Waals surface area (Å²) in [6.45, 7) is 1.33. The molecule has 264 valence electrons. The van der Waals surface area contributed by atoms with Gasteiger partial charge in [-0.2, -0.15) is 13.2 Å². The van der Waals surface area contributed by atoms with E-state index in [4.69, 9.17) is 4.74 Å². The van der Waals surface area contributed by atoms with Crippen LogP contribution in [0.15, 0.2) is 69.7 Å². The first-order valence-electron chi connectivity index (χ1n) is 17.5.